The number of benzene rings is 1. The topological polar surface area (TPSA) is 29.1 Å². The van der Waals surface area contributed by atoms with E-state index in [1.165, 1.54) is 12.8 Å². The largest absolute Gasteiger partial charge is 0.352 e. The molecular formula is C15H22ClNO. The lowest BCUT2D eigenvalue weighted by atomic mass is 9.98. The zero-order chi connectivity index (χ0) is 13.4. The first kappa shape index (κ1) is 15.0. The molecule has 1 aromatic carbocycles. The molecule has 1 rings (SSSR count). The van der Waals surface area contributed by atoms with Crippen molar-refractivity contribution in [3.05, 3.63) is 34.9 Å². The molecule has 0 atom stereocenters. The van der Waals surface area contributed by atoms with Crippen LogP contribution >= 0.6 is 11.6 Å². The Kier molecular flexibility index (Phi) is 6.81. The molecule has 0 saturated carbocycles. The van der Waals surface area contributed by atoms with Crippen LogP contribution in [-0.4, -0.2) is 12.5 Å². The van der Waals surface area contributed by atoms with Crippen LogP contribution in [0.15, 0.2) is 24.3 Å². The number of hydrogen-bond acceptors (Lipinski definition) is 1. The molecule has 0 aromatic heterocycles. The molecule has 2 nitrogen and oxygen atoms in total. The van der Waals surface area contributed by atoms with Crippen LogP contribution in [-0.2, 0) is 0 Å². The Morgan fingerprint density at radius 3 is 2.50 bits per heavy atom. The van der Waals surface area contributed by atoms with Gasteiger partial charge >= 0.3 is 0 Å². The zero-order valence-electron chi connectivity index (χ0n) is 11.2. The normalized spacial score (nSPS) is 10.7. The highest BCUT2D eigenvalue weighted by molar-refractivity contribution is 6.30. The summed E-state index contributed by atoms with van der Waals surface area (Å²) in [6.07, 6.45) is 4.67. The number of hydrogen-bond donors (Lipinski definition) is 1. The average Bonchev–Trinajstić information content (AvgIpc) is 2.36. The number of amides is 1. The van der Waals surface area contributed by atoms with E-state index in [9.17, 15) is 4.79 Å². The Morgan fingerprint density at radius 1 is 1.28 bits per heavy atom. The van der Waals surface area contributed by atoms with Gasteiger partial charge in [0.2, 0.25) is 0 Å². The lowest BCUT2D eigenvalue weighted by Gasteiger charge is -2.16. The van der Waals surface area contributed by atoms with Crippen molar-refractivity contribution >= 4 is 17.5 Å². The maximum atomic E-state index is 11.9. The molecule has 0 bridgehead atoms. The van der Waals surface area contributed by atoms with Gasteiger partial charge in [-0.3, -0.25) is 4.79 Å². The number of nitrogens with one attached hydrogen (secondary N) is 1. The number of carbonyl (C=O) groups is 1. The monoisotopic (exact) mass is 267 g/mol. The SMILES string of the molecule is CCCC(CCC)CNC(=O)c1cccc(Cl)c1. The van der Waals surface area contributed by atoms with Crippen molar-refractivity contribution in [3.63, 3.8) is 0 Å². The van der Waals surface area contributed by atoms with E-state index in [0.29, 0.717) is 16.5 Å². The van der Waals surface area contributed by atoms with Crippen LogP contribution in [0.2, 0.25) is 5.02 Å². The Morgan fingerprint density at radius 2 is 1.94 bits per heavy atom. The molecule has 0 saturated heterocycles. The third-order valence-corrected chi connectivity index (χ3v) is 3.27. The van der Waals surface area contributed by atoms with Gasteiger partial charge in [-0.25, -0.2) is 0 Å². The van der Waals surface area contributed by atoms with Gasteiger partial charge in [0.25, 0.3) is 5.91 Å². The average molecular weight is 268 g/mol. The Balaban J connectivity index is 2.49. The van der Waals surface area contributed by atoms with Crippen molar-refractivity contribution in [2.45, 2.75) is 39.5 Å². The highest BCUT2D eigenvalue weighted by atomic mass is 35.5. The summed E-state index contributed by atoms with van der Waals surface area (Å²) in [6.45, 7) is 5.12. The Labute approximate surface area is 115 Å². The second-order valence-corrected chi connectivity index (χ2v) is 5.10. The third-order valence-electron chi connectivity index (χ3n) is 3.03. The highest BCUT2D eigenvalue weighted by Gasteiger charge is 2.10. The van der Waals surface area contributed by atoms with E-state index in [1.54, 1.807) is 24.3 Å². The summed E-state index contributed by atoms with van der Waals surface area (Å²) in [5.74, 6) is 0.554. The fraction of sp³-hybridized carbons (Fsp3) is 0.533. The minimum absolute atomic E-state index is 0.0327. The molecule has 0 aliphatic heterocycles. The first-order valence-corrected chi connectivity index (χ1v) is 7.08. The summed E-state index contributed by atoms with van der Waals surface area (Å²) in [7, 11) is 0. The molecule has 3 heteroatoms. The van der Waals surface area contributed by atoms with Crippen molar-refractivity contribution in [2.75, 3.05) is 6.54 Å². The summed E-state index contributed by atoms with van der Waals surface area (Å²) >= 11 is 5.87. The lowest BCUT2D eigenvalue weighted by Crippen LogP contribution is -2.29. The van der Waals surface area contributed by atoms with Gasteiger partial charge in [0.15, 0.2) is 0 Å². The number of rotatable bonds is 7. The zero-order valence-corrected chi connectivity index (χ0v) is 12.0. The molecule has 0 unspecified atom stereocenters. The van der Waals surface area contributed by atoms with Crippen molar-refractivity contribution < 1.29 is 4.79 Å². The molecule has 18 heavy (non-hydrogen) atoms. The standard InChI is InChI=1S/C15H22ClNO/c1-3-6-12(7-4-2)11-17-15(18)13-8-5-9-14(16)10-13/h5,8-10,12H,3-4,6-7,11H2,1-2H3,(H,17,18). The first-order chi connectivity index (χ1) is 8.67. The minimum Gasteiger partial charge on any atom is -0.352 e. The van der Waals surface area contributed by atoms with Gasteiger partial charge in [-0.1, -0.05) is 44.4 Å². The van der Waals surface area contributed by atoms with Crippen LogP contribution in [0.4, 0.5) is 0 Å². The fourth-order valence-corrected chi connectivity index (χ4v) is 2.32. The highest BCUT2D eigenvalue weighted by Crippen LogP contribution is 2.13. The van der Waals surface area contributed by atoms with Gasteiger partial charge in [0.1, 0.15) is 0 Å². The summed E-state index contributed by atoms with van der Waals surface area (Å²) in [6, 6.07) is 7.06. The van der Waals surface area contributed by atoms with Gasteiger partial charge in [-0.05, 0) is 37.0 Å². The summed E-state index contributed by atoms with van der Waals surface area (Å²) in [5, 5.41) is 3.60. The van der Waals surface area contributed by atoms with E-state index in [4.69, 9.17) is 11.6 Å². The number of halogens is 1. The Bertz CT molecular complexity index is 373. The summed E-state index contributed by atoms with van der Waals surface area (Å²) < 4.78 is 0. The summed E-state index contributed by atoms with van der Waals surface area (Å²) in [4.78, 5) is 11.9. The van der Waals surface area contributed by atoms with E-state index < -0.39 is 0 Å². The van der Waals surface area contributed by atoms with Crippen LogP contribution in [0.3, 0.4) is 0 Å². The maximum Gasteiger partial charge on any atom is 0.251 e. The molecule has 0 heterocycles. The van der Waals surface area contributed by atoms with Gasteiger partial charge in [-0.15, -0.1) is 0 Å². The lowest BCUT2D eigenvalue weighted by molar-refractivity contribution is 0.0945. The van der Waals surface area contributed by atoms with Crippen LogP contribution in [0.1, 0.15) is 49.9 Å². The van der Waals surface area contributed by atoms with Crippen molar-refractivity contribution in [1.29, 1.82) is 0 Å². The second kappa shape index (κ2) is 8.15. The third kappa shape index (κ3) is 5.09. The first-order valence-electron chi connectivity index (χ1n) is 6.71. The molecule has 0 fully saturated rings. The van der Waals surface area contributed by atoms with E-state index in [-0.39, 0.29) is 5.91 Å². The summed E-state index contributed by atoms with van der Waals surface area (Å²) in [5.41, 5.74) is 0.634. The molecule has 1 N–H and O–H groups in total. The van der Waals surface area contributed by atoms with E-state index in [1.807, 2.05) is 0 Å². The molecule has 100 valence electrons. The fourth-order valence-electron chi connectivity index (χ4n) is 2.13. The Hall–Kier alpha value is -1.02. The molecule has 1 aromatic rings. The van der Waals surface area contributed by atoms with Gasteiger partial charge in [0.05, 0.1) is 0 Å². The van der Waals surface area contributed by atoms with Crippen molar-refractivity contribution in [1.82, 2.24) is 5.32 Å². The molecule has 0 spiro atoms. The minimum atomic E-state index is -0.0327. The van der Waals surface area contributed by atoms with Crippen LogP contribution < -0.4 is 5.32 Å². The molecular weight excluding hydrogens is 246 g/mol. The molecule has 0 radical (unpaired) electrons. The predicted octanol–water partition coefficient (Wildman–Crippen LogP) is 4.29. The van der Waals surface area contributed by atoms with Crippen LogP contribution in [0.5, 0.6) is 0 Å². The van der Waals surface area contributed by atoms with Gasteiger partial charge in [-0.2, -0.15) is 0 Å². The van der Waals surface area contributed by atoms with Crippen LogP contribution in [0, 0.1) is 5.92 Å². The van der Waals surface area contributed by atoms with E-state index in [0.717, 1.165) is 19.4 Å². The van der Waals surface area contributed by atoms with Gasteiger partial charge in [0, 0.05) is 17.1 Å². The second-order valence-electron chi connectivity index (χ2n) is 4.66. The molecule has 0 aliphatic carbocycles. The smallest absolute Gasteiger partial charge is 0.251 e. The van der Waals surface area contributed by atoms with E-state index in [2.05, 4.69) is 19.2 Å². The van der Waals surface area contributed by atoms with Gasteiger partial charge < -0.3 is 5.32 Å². The van der Waals surface area contributed by atoms with Crippen LogP contribution in [0.25, 0.3) is 0 Å². The predicted molar refractivity (Wildman–Crippen MR) is 77.1 cm³/mol. The molecule has 0 aliphatic rings. The number of carbonyl (C=O) groups excluding carboxylic acids is 1. The van der Waals surface area contributed by atoms with Crippen molar-refractivity contribution in [2.24, 2.45) is 5.92 Å². The van der Waals surface area contributed by atoms with Crippen molar-refractivity contribution in [3.8, 4) is 0 Å². The van der Waals surface area contributed by atoms with E-state index >= 15 is 0 Å². The maximum absolute atomic E-state index is 11.9. The molecule has 1 amide bonds. The quantitative estimate of drug-likeness (QED) is 0.785.